The number of hydrogen-bond donors (Lipinski definition) is 1. The molecular formula is C45H55F2N4O10PS2. The van der Waals surface area contributed by atoms with Crippen LogP contribution in [0, 0.1) is 28.6 Å². The van der Waals surface area contributed by atoms with Crippen molar-refractivity contribution in [3.63, 3.8) is 0 Å². The van der Waals surface area contributed by atoms with Crippen molar-refractivity contribution in [3.8, 4) is 6.07 Å². The van der Waals surface area contributed by atoms with Crippen LogP contribution in [0.4, 0.5) is 13.6 Å². The summed E-state index contributed by atoms with van der Waals surface area (Å²) >= 11 is 1.87. The summed E-state index contributed by atoms with van der Waals surface area (Å²) in [5, 5.41) is 12.8. The van der Waals surface area contributed by atoms with Crippen molar-refractivity contribution >= 4 is 69.8 Å². The summed E-state index contributed by atoms with van der Waals surface area (Å²) in [6, 6.07) is 16.2. The van der Waals surface area contributed by atoms with Gasteiger partial charge < -0.3 is 29.1 Å². The Balaban J connectivity index is 1.13. The number of likely N-dealkylation sites (tertiary alicyclic amines) is 1. The molecule has 0 spiro atoms. The third-order valence-corrected chi connectivity index (χ3v) is 15.9. The van der Waals surface area contributed by atoms with E-state index in [4.69, 9.17) is 18.5 Å². The molecule has 0 aliphatic carbocycles. The number of carbonyl (C=O) groups excluding carboxylic acids is 5. The first kappa shape index (κ1) is 49.0. The van der Waals surface area contributed by atoms with Crippen molar-refractivity contribution in [2.45, 2.75) is 103 Å². The number of halogens is 2. The van der Waals surface area contributed by atoms with E-state index < -0.39 is 67.8 Å². The van der Waals surface area contributed by atoms with E-state index in [1.807, 2.05) is 30.3 Å². The van der Waals surface area contributed by atoms with Gasteiger partial charge in [-0.15, -0.1) is 11.3 Å². The Morgan fingerprint density at radius 1 is 1.00 bits per heavy atom. The monoisotopic (exact) mass is 944 g/mol. The second-order valence-corrected chi connectivity index (χ2v) is 21.8. The third-order valence-electron chi connectivity index (χ3n) is 11.6. The molecule has 0 saturated carbocycles. The summed E-state index contributed by atoms with van der Waals surface area (Å²) in [5.74, 6) is -2.08. The van der Waals surface area contributed by atoms with Crippen LogP contribution in [0.3, 0.4) is 0 Å². The molecule has 6 atom stereocenters. The summed E-state index contributed by atoms with van der Waals surface area (Å²) in [4.78, 5) is 70.0. The number of nitrogens with one attached hydrogen (secondary N) is 1. The molecule has 0 bridgehead atoms. The van der Waals surface area contributed by atoms with E-state index in [0.29, 0.717) is 37.1 Å². The highest BCUT2D eigenvalue weighted by atomic mass is 32.2. The zero-order chi connectivity index (χ0) is 46.4. The van der Waals surface area contributed by atoms with E-state index in [9.17, 15) is 33.8 Å². The number of nitrogens with zero attached hydrogens (tertiary/aromatic N) is 3. The fraction of sp³-hybridized carbons (Fsp3) is 0.556. The fourth-order valence-corrected chi connectivity index (χ4v) is 11.5. The van der Waals surface area contributed by atoms with E-state index in [1.165, 1.54) is 12.1 Å². The smallest absolute Gasteiger partial charge is 0.432 e. The number of nitriles is 1. The maximum absolute atomic E-state index is 16.3. The van der Waals surface area contributed by atoms with Gasteiger partial charge in [-0.1, -0.05) is 81.8 Å². The second-order valence-electron chi connectivity index (χ2n) is 17.6. The first-order valence-electron chi connectivity index (χ1n) is 21.5. The molecule has 3 fully saturated rings. The maximum Gasteiger partial charge on any atom is 0.510 e. The number of fused-ring (bicyclic) bond motifs is 2. The lowest BCUT2D eigenvalue weighted by Gasteiger charge is -2.36. The zero-order valence-electron chi connectivity index (χ0n) is 36.6. The van der Waals surface area contributed by atoms with Crippen LogP contribution in [0.25, 0.3) is 10.1 Å². The standard InChI is InChI=1S/C45H55F2N4O10PS2/c1-28(2)61-43(56)58-27-60-62(57,59-19-20-63-42(55)44(3,4)5)45(46,47)33-15-18-37-31(21-33)22-38(64-37)39(52)49-24-30-13-9-10-14-34-16-17-36(51(34)40(30)53)41(54)50-25-32(23-48)35(26-50)29-11-7-6-8-12-29/h6-8,11-12,15,18,21-22,28,30,32,34-36H,9-10,13-14,16-17,19-20,24-27H2,1-5H3,(H,49,52)/t30?,32-,34-,35+,36-,62?/m0/s1. The van der Waals surface area contributed by atoms with E-state index in [-0.39, 0.29) is 57.4 Å². The Kier molecular flexibility index (Phi) is 16.0. The molecule has 4 heterocycles. The van der Waals surface area contributed by atoms with Gasteiger partial charge in [0.25, 0.3) is 5.91 Å². The molecule has 3 aromatic rings. The lowest BCUT2D eigenvalue weighted by molar-refractivity contribution is -0.148. The van der Waals surface area contributed by atoms with Gasteiger partial charge in [0.2, 0.25) is 18.6 Å². The topological polar surface area (TPSA) is 182 Å². The van der Waals surface area contributed by atoms with Crippen LogP contribution < -0.4 is 5.32 Å². The summed E-state index contributed by atoms with van der Waals surface area (Å²) < 4.78 is 66.7. The molecule has 6 rings (SSSR count). The maximum atomic E-state index is 16.3. The first-order valence-corrected chi connectivity index (χ1v) is 24.8. The highest BCUT2D eigenvalue weighted by molar-refractivity contribution is 8.13. The first-order chi connectivity index (χ1) is 30.3. The van der Waals surface area contributed by atoms with Crippen LogP contribution in [0.5, 0.6) is 0 Å². The van der Waals surface area contributed by atoms with Gasteiger partial charge in [-0.2, -0.15) is 14.0 Å². The Morgan fingerprint density at radius 3 is 2.44 bits per heavy atom. The van der Waals surface area contributed by atoms with Gasteiger partial charge in [0.05, 0.1) is 35.5 Å². The number of thiophene rings is 1. The molecule has 64 heavy (non-hydrogen) atoms. The SMILES string of the molecule is CC(C)OC(=O)OCOP(=O)(OCCSC(=O)C(C)(C)C)C(F)(F)c1ccc2sc(C(=O)NCC3CCCC[C@H]4CC[C@@H](C(=O)N5C[C@H](c6ccccc6)[C@@H](C#N)C5)N4C3=O)cc2c1. The van der Waals surface area contributed by atoms with Crippen LogP contribution in [-0.4, -0.2) is 95.8 Å². The molecule has 0 radical (unpaired) electrons. The molecule has 3 saturated heterocycles. The van der Waals surface area contributed by atoms with E-state index in [2.05, 4.69) is 11.4 Å². The van der Waals surface area contributed by atoms with Crippen molar-refractivity contribution in [1.82, 2.24) is 15.1 Å². The molecule has 3 aliphatic rings. The van der Waals surface area contributed by atoms with Gasteiger partial charge in [0.15, 0.2) is 5.12 Å². The molecule has 2 aromatic carbocycles. The summed E-state index contributed by atoms with van der Waals surface area (Å²) in [6.07, 6.45) is 2.30. The lowest BCUT2D eigenvalue weighted by Crippen LogP contribution is -2.53. The molecule has 1 aromatic heterocycles. The number of rotatable bonds is 15. The van der Waals surface area contributed by atoms with Gasteiger partial charge in [-0.3, -0.25) is 28.3 Å². The molecule has 2 unspecified atom stereocenters. The van der Waals surface area contributed by atoms with Crippen LogP contribution >= 0.6 is 30.7 Å². The van der Waals surface area contributed by atoms with Gasteiger partial charge in [-0.25, -0.2) is 4.79 Å². The number of alkyl halides is 2. The van der Waals surface area contributed by atoms with Gasteiger partial charge in [0, 0.05) is 53.0 Å². The molecule has 3 amide bonds. The minimum atomic E-state index is -5.45. The zero-order valence-corrected chi connectivity index (χ0v) is 39.1. The molecule has 346 valence electrons. The van der Waals surface area contributed by atoms with Gasteiger partial charge in [-0.05, 0) is 68.7 Å². The van der Waals surface area contributed by atoms with Crippen LogP contribution in [-0.2, 0) is 43.1 Å². The van der Waals surface area contributed by atoms with Crippen LogP contribution in [0.15, 0.2) is 54.6 Å². The highest BCUT2D eigenvalue weighted by Gasteiger charge is 2.56. The molecule has 3 aliphatic heterocycles. The number of benzene rings is 2. The number of thioether (sulfide) groups is 1. The van der Waals surface area contributed by atoms with E-state index in [1.54, 1.807) is 44.4 Å². The Morgan fingerprint density at radius 2 is 1.73 bits per heavy atom. The predicted molar refractivity (Wildman–Crippen MR) is 238 cm³/mol. The molecular weight excluding hydrogens is 890 g/mol. The third kappa shape index (κ3) is 11.3. The molecule has 14 nitrogen and oxygen atoms in total. The number of ether oxygens (including phenoxy) is 2. The van der Waals surface area contributed by atoms with Crippen molar-refractivity contribution in [2.75, 3.05) is 38.8 Å². The number of amides is 3. The van der Waals surface area contributed by atoms with E-state index >= 15 is 8.78 Å². The lowest BCUT2D eigenvalue weighted by atomic mass is 9.90. The predicted octanol–water partition coefficient (Wildman–Crippen LogP) is 9.05. The largest absolute Gasteiger partial charge is 0.510 e. The minimum absolute atomic E-state index is 0.0000570. The second kappa shape index (κ2) is 20.8. The fourth-order valence-electron chi connectivity index (χ4n) is 8.28. The normalized spacial score (nSPS) is 22.6. The quantitative estimate of drug-likeness (QED) is 0.0662. The Bertz CT molecular complexity index is 2280. The number of hydrogen-bond acceptors (Lipinski definition) is 13. The highest BCUT2D eigenvalue weighted by Crippen LogP contribution is 2.67. The molecule has 19 heteroatoms. The van der Waals surface area contributed by atoms with Crippen molar-refractivity contribution in [3.05, 3.63) is 70.6 Å². The van der Waals surface area contributed by atoms with Crippen LogP contribution in [0.1, 0.15) is 99.9 Å². The van der Waals surface area contributed by atoms with Gasteiger partial charge >= 0.3 is 19.4 Å². The van der Waals surface area contributed by atoms with Gasteiger partial charge in [0.1, 0.15) is 6.04 Å². The van der Waals surface area contributed by atoms with Crippen molar-refractivity contribution in [1.29, 1.82) is 5.26 Å². The minimum Gasteiger partial charge on any atom is -0.432 e. The van der Waals surface area contributed by atoms with E-state index in [0.717, 1.165) is 60.1 Å². The van der Waals surface area contributed by atoms with Crippen molar-refractivity contribution < 1.29 is 55.8 Å². The average Bonchev–Trinajstić information content (AvgIpc) is 4.00. The Labute approximate surface area is 380 Å². The average molecular weight is 945 g/mol. The molecule has 1 N–H and O–H groups in total. The summed E-state index contributed by atoms with van der Waals surface area (Å²) in [5.41, 5.74) is -4.76. The van der Waals surface area contributed by atoms with Crippen LogP contribution in [0.2, 0.25) is 0 Å². The summed E-state index contributed by atoms with van der Waals surface area (Å²) in [7, 11) is -5.45. The number of carbonyl (C=O) groups is 5. The van der Waals surface area contributed by atoms with Crippen molar-refractivity contribution in [2.24, 2.45) is 17.3 Å². The Hall–Kier alpha value is -4.40. The summed E-state index contributed by atoms with van der Waals surface area (Å²) in [6.45, 7) is 7.12.